The quantitative estimate of drug-likeness (QED) is 0.182. The molecule has 11 rings (SSSR count). The number of furan rings is 1. The Labute approximate surface area is 305 Å². The highest BCUT2D eigenvalue weighted by Gasteiger charge is 2.19. The maximum atomic E-state index is 6.80. The van der Waals surface area contributed by atoms with Crippen LogP contribution in [0.1, 0.15) is 0 Å². The summed E-state index contributed by atoms with van der Waals surface area (Å²) < 4.78 is 11.4. The molecule has 0 radical (unpaired) electrons. The van der Waals surface area contributed by atoms with Crippen LogP contribution in [0.15, 0.2) is 192 Å². The number of hydrogen-bond acceptors (Lipinski definition) is 2. The van der Waals surface area contributed by atoms with E-state index in [0.717, 1.165) is 89.0 Å². The molecule has 0 saturated heterocycles. The summed E-state index contributed by atoms with van der Waals surface area (Å²) in [5.41, 5.74) is 13.8. The molecule has 0 unspecified atom stereocenters. The molecule has 8 aromatic carbocycles. The lowest BCUT2D eigenvalue weighted by Crippen LogP contribution is -1.99. The Hall–Kier alpha value is -7.17. The zero-order valence-electron chi connectivity index (χ0n) is 28.6. The van der Waals surface area contributed by atoms with Crippen molar-refractivity contribution in [1.29, 1.82) is 0 Å². The summed E-state index contributed by atoms with van der Waals surface area (Å²) in [7, 11) is 0. The van der Waals surface area contributed by atoms with E-state index in [0.29, 0.717) is 0 Å². The molecule has 0 atom stereocenters. The first-order valence-corrected chi connectivity index (χ1v) is 18.0. The van der Waals surface area contributed by atoms with Gasteiger partial charge in [0.2, 0.25) is 0 Å². The van der Waals surface area contributed by atoms with Crippen LogP contribution in [0.3, 0.4) is 0 Å². The number of aromatic nitrogens is 3. The number of hydrogen-bond donors (Lipinski definition) is 0. The lowest BCUT2D eigenvalue weighted by molar-refractivity contribution is 0.671. The van der Waals surface area contributed by atoms with Gasteiger partial charge in [0.05, 0.1) is 22.1 Å². The average molecular weight is 678 g/mol. The first-order chi connectivity index (χ1) is 26.3. The van der Waals surface area contributed by atoms with Gasteiger partial charge in [-0.1, -0.05) is 133 Å². The first-order valence-electron chi connectivity index (χ1n) is 18.0. The van der Waals surface area contributed by atoms with Gasteiger partial charge in [0.1, 0.15) is 17.0 Å². The Balaban J connectivity index is 1.09. The van der Waals surface area contributed by atoms with Gasteiger partial charge in [-0.15, -0.1) is 0 Å². The SMILES string of the molecule is c1ccc(-c2cccc3c2oc2c(-c4ccc5c(c4)c4ccccc4n5-c4cccc(-c5nc6ccccc6n5-c5ccccc5)c4)cccc23)cc1. The van der Waals surface area contributed by atoms with Crippen LogP contribution in [0.2, 0.25) is 0 Å². The highest BCUT2D eigenvalue weighted by Crippen LogP contribution is 2.42. The lowest BCUT2D eigenvalue weighted by Gasteiger charge is -2.12. The van der Waals surface area contributed by atoms with Crippen molar-refractivity contribution in [2.45, 2.75) is 0 Å². The topological polar surface area (TPSA) is 35.9 Å². The molecule has 4 nitrogen and oxygen atoms in total. The highest BCUT2D eigenvalue weighted by atomic mass is 16.3. The van der Waals surface area contributed by atoms with Gasteiger partial charge in [-0.05, 0) is 65.7 Å². The molecule has 248 valence electrons. The van der Waals surface area contributed by atoms with Gasteiger partial charge in [0.25, 0.3) is 0 Å². The standard InChI is InChI=1S/C49H31N3O/c1-3-14-32(15-4-1)37-21-12-23-40-41-24-13-22-38(48(41)53-47(37)40)33-28-29-45-42(31-33)39-20-7-9-26-44(39)51(45)36-19-11-16-34(30-36)49-50-43-25-8-10-27-46(43)52(49)35-17-5-2-6-18-35/h1-31H. The third-order valence-corrected chi connectivity index (χ3v) is 10.5. The summed E-state index contributed by atoms with van der Waals surface area (Å²) >= 11 is 0. The van der Waals surface area contributed by atoms with Crippen LogP contribution in [0, 0.1) is 0 Å². The summed E-state index contributed by atoms with van der Waals surface area (Å²) in [6.45, 7) is 0. The van der Waals surface area contributed by atoms with E-state index in [1.807, 2.05) is 12.1 Å². The Morgan fingerprint density at radius 2 is 0.943 bits per heavy atom. The van der Waals surface area contributed by atoms with Crippen LogP contribution in [0.25, 0.3) is 99.8 Å². The third kappa shape index (κ3) is 4.59. The Kier molecular flexibility index (Phi) is 6.52. The van der Waals surface area contributed by atoms with Gasteiger partial charge in [-0.25, -0.2) is 4.98 Å². The van der Waals surface area contributed by atoms with Crippen LogP contribution in [-0.4, -0.2) is 14.1 Å². The van der Waals surface area contributed by atoms with Gasteiger partial charge in [0.15, 0.2) is 0 Å². The minimum Gasteiger partial charge on any atom is -0.455 e. The minimum absolute atomic E-state index is 0.906. The van der Waals surface area contributed by atoms with Gasteiger partial charge >= 0.3 is 0 Å². The molecule has 3 aromatic heterocycles. The molecule has 53 heavy (non-hydrogen) atoms. The van der Waals surface area contributed by atoms with Crippen molar-refractivity contribution in [2.24, 2.45) is 0 Å². The molecule has 0 saturated carbocycles. The number of rotatable bonds is 5. The second kappa shape index (κ2) is 11.7. The molecule has 0 aliphatic rings. The van der Waals surface area contributed by atoms with Crippen molar-refractivity contribution in [3.05, 3.63) is 188 Å². The van der Waals surface area contributed by atoms with E-state index in [-0.39, 0.29) is 0 Å². The molecule has 0 aliphatic carbocycles. The van der Waals surface area contributed by atoms with Gasteiger partial charge in [-0.3, -0.25) is 4.57 Å². The molecule has 0 bridgehead atoms. The second-order valence-corrected chi connectivity index (χ2v) is 13.6. The van der Waals surface area contributed by atoms with E-state index >= 15 is 0 Å². The van der Waals surface area contributed by atoms with Crippen LogP contribution in [0.4, 0.5) is 0 Å². The van der Waals surface area contributed by atoms with E-state index in [9.17, 15) is 0 Å². The predicted molar refractivity (Wildman–Crippen MR) is 219 cm³/mol. The summed E-state index contributed by atoms with van der Waals surface area (Å²) in [6, 6.07) is 66.5. The second-order valence-electron chi connectivity index (χ2n) is 13.6. The molecule has 3 heterocycles. The molecule has 4 heteroatoms. The maximum Gasteiger partial charge on any atom is 0.145 e. The number of imidazole rings is 1. The first kappa shape index (κ1) is 29.5. The molecule has 0 aliphatic heterocycles. The van der Waals surface area contributed by atoms with Crippen molar-refractivity contribution in [3.63, 3.8) is 0 Å². The van der Waals surface area contributed by atoms with E-state index < -0.39 is 0 Å². The largest absolute Gasteiger partial charge is 0.455 e. The fourth-order valence-corrected chi connectivity index (χ4v) is 8.15. The number of benzene rings is 8. The van der Waals surface area contributed by atoms with Crippen LogP contribution in [-0.2, 0) is 0 Å². The minimum atomic E-state index is 0.906. The van der Waals surface area contributed by atoms with Gasteiger partial charge in [-0.2, -0.15) is 0 Å². The summed E-state index contributed by atoms with van der Waals surface area (Å²) in [4.78, 5) is 5.16. The van der Waals surface area contributed by atoms with Crippen molar-refractivity contribution in [3.8, 4) is 45.0 Å². The van der Waals surface area contributed by atoms with E-state index in [4.69, 9.17) is 9.40 Å². The molecule has 0 fully saturated rings. The van der Waals surface area contributed by atoms with E-state index in [2.05, 4.69) is 185 Å². The fraction of sp³-hybridized carbons (Fsp3) is 0. The van der Waals surface area contributed by atoms with Crippen LogP contribution < -0.4 is 0 Å². The van der Waals surface area contributed by atoms with Crippen LogP contribution >= 0.6 is 0 Å². The van der Waals surface area contributed by atoms with Crippen molar-refractivity contribution in [1.82, 2.24) is 14.1 Å². The van der Waals surface area contributed by atoms with Crippen molar-refractivity contribution < 1.29 is 4.42 Å². The molecule has 0 amide bonds. The fourth-order valence-electron chi connectivity index (χ4n) is 8.15. The lowest BCUT2D eigenvalue weighted by atomic mass is 9.99. The molecule has 11 aromatic rings. The van der Waals surface area contributed by atoms with Gasteiger partial charge < -0.3 is 8.98 Å². The summed E-state index contributed by atoms with van der Waals surface area (Å²) in [6.07, 6.45) is 0. The smallest absolute Gasteiger partial charge is 0.145 e. The van der Waals surface area contributed by atoms with Crippen molar-refractivity contribution in [2.75, 3.05) is 0 Å². The predicted octanol–water partition coefficient (Wildman–Crippen LogP) is 13.0. The highest BCUT2D eigenvalue weighted by molar-refractivity contribution is 6.15. The van der Waals surface area contributed by atoms with Gasteiger partial charge in [0, 0.05) is 49.6 Å². The molecule has 0 N–H and O–H groups in total. The summed E-state index contributed by atoms with van der Waals surface area (Å²) in [5.74, 6) is 0.914. The molecule has 0 spiro atoms. The van der Waals surface area contributed by atoms with E-state index in [1.54, 1.807) is 0 Å². The summed E-state index contributed by atoms with van der Waals surface area (Å²) in [5, 5.41) is 4.64. The Morgan fingerprint density at radius 3 is 1.74 bits per heavy atom. The maximum absolute atomic E-state index is 6.80. The Bertz CT molecular complexity index is 3170. The molecular weight excluding hydrogens is 647 g/mol. The molecular formula is C49H31N3O. The normalized spacial score (nSPS) is 11.8. The number of para-hydroxylation sites is 6. The monoisotopic (exact) mass is 677 g/mol. The van der Waals surface area contributed by atoms with Crippen LogP contribution in [0.5, 0.6) is 0 Å². The zero-order chi connectivity index (χ0) is 34.9. The number of nitrogens with zero attached hydrogens (tertiary/aromatic N) is 3. The number of fused-ring (bicyclic) bond motifs is 7. The van der Waals surface area contributed by atoms with E-state index in [1.165, 1.54) is 10.8 Å². The third-order valence-electron chi connectivity index (χ3n) is 10.5. The zero-order valence-corrected chi connectivity index (χ0v) is 28.6. The average Bonchev–Trinajstić information content (AvgIpc) is 3.91. The Morgan fingerprint density at radius 1 is 0.358 bits per heavy atom. The van der Waals surface area contributed by atoms with Crippen molar-refractivity contribution >= 4 is 54.8 Å².